The SMILES string of the molecule is C=CC(C)OC(=O)Nc1cccc(/C=C(\C#N)c2ccc(OC)cc2N(C)C)c1. The zero-order chi connectivity index (χ0) is 21.4. The predicted octanol–water partition coefficient (Wildman–Crippen LogP) is 4.95. The quantitative estimate of drug-likeness (QED) is 0.411. The van der Waals surface area contributed by atoms with Gasteiger partial charge in [0.25, 0.3) is 0 Å². The minimum atomic E-state index is -0.566. The summed E-state index contributed by atoms with van der Waals surface area (Å²) in [4.78, 5) is 13.8. The molecule has 2 rings (SSSR count). The van der Waals surface area contributed by atoms with Crippen molar-refractivity contribution in [2.75, 3.05) is 31.4 Å². The number of nitrogens with one attached hydrogen (secondary N) is 1. The number of hydrogen-bond donors (Lipinski definition) is 1. The summed E-state index contributed by atoms with van der Waals surface area (Å²) in [5.74, 6) is 0.716. The lowest BCUT2D eigenvalue weighted by Crippen LogP contribution is -2.18. The Hall–Kier alpha value is -3.72. The molecule has 6 heteroatoms. The molecule has 29 heavy (non-hydrogen) atoms. The topological polar surface area (TPSA) is 74.6 Å². The third-order valence-electron chi connectivity index (χ3n) is 4.17. The first-order valence-corrected chi connectivity index (χ1v) is 9.05. The van der Waals surface area contributed by atoms with Gasteiger partial charge in [-0.25, -0.2) is 4.79 Å². The first-order valence-electron chi connectivity index (χ1n) is 9.05. The van der Waals surface area contributed by atoms with E-state index in [1.807, 2.05) is 43.3 Å². The summed E-state index contributed by atoms with van der Waals surface area (Å²) in [7, 11) is 5.43. The fourth-order valence-corrected chi connectivity index (χ4v) is 2.64. The van der Waals surface area contributed by atoms with Crippen LogP contribution in [0.1, 0.15) is 18.1 Å². The number of nitriles is 1. The van der Waals surface area contributed by atoms with Crippen molar-refractivity contribution in [2.24, 2.45) is 0 Å². The Morgan fingerprint density at radius 2 is 2.03 bits per heavy atom. The van der Waals surface area contributed by atoms with Crippen LogP contribution in [0.2, 0.25) is 0 Å². The second kappa shape index (κ2) is 10.00. The van der Waals surface area contributed by atoms with Crippen LogP contribution in [-0.2, 0) is 4.74 Å². The highest BCUT2D eigenvalue weighted by atomic mass is 16.6. The Balaban J connectivity index is 2.34. The van der Waals surface area contributed by atoms with Crippen molar-refractivity contribution in [1.82, 2.24) is 0 Å². The molecule has 2 aromatic carbocycles. The van der Waals surface area contributed by atoms with Gasteiger partial charge < -0.3 is 14.4 Å². The monoisotopic (exact) mass is 391 g/mol. The number of carbonyl (C=O) groups is 1. The van der Waals surface area contributed by atoms with Gasteiger partial charge in [-0.3, -0.25) is 5.32 Å². The Morgan fingerprint density at radius 1 is 1.28 bits per heavy atom. The standard InChI is InChI=1S/C23H25N3O3/c1-6-16(2)29-23(27)25-19-9-7-8-17(13-19)12-18(15-24)21-11-10-20(28-5)14-22(21)26(3)4/h6-14,16H,1H2,2-5H3,(H,25,27)/b18-12+. The first-order chi connectivity index (χ1) is 13.9. The van der Waals surface area contributed by atoms with Crippen LogP contribution in [0.4, 0.5) is 16.2 Å². The summed E-state index contributed by atoms with van der Waals surface area (Å²) in [6, 6.07) is 15.0. The van der Waals surface area contributed by atoms with Crippen molar-refractivity contribution in [1.29, 1.82) is 5.26 Å². The fourth-order valence-electron chi connectivity index (χ4n) is 2.64. The molecule has 1 atom stereocenters. The number of nitrogens with zero attached hydrogens (tertiary/aromatic N) is 2. The highest BCUT2D eigenvalue weighted by molar-refractivity contribution is 5.95. The van der Waals surface area contributed by atoms with Crippen molar-refractivity contribution >= 4 is 29.1 Å². The van der Waals surface area contributed by atoms with Gasteiger partial charge in [0.2, 0.25) is 0 Å². The van der Waals surface area contributed by atoms with E-state index in [4.69, 9.17) is 9.47 Å². The fraction of sp³-hybridized carbons (Fsp3) is 0.217. The maximum atomic E-state index is 11.9. The van der Waals surface area contributed by atoms with Crippen molar-refractivity contribution in [3.8, 4) is 11.8 Å². The van der Waals surface area contributed by atoms with Crippen molar-refractivity contribution in [3.05, 3.63) is 66.2 Å². The molecule has 0 aromatic heterocycles. The van der Waals surface area contributed by atoms with Crippen LogP contribution in [0.3, 0.4) is 0 Å². The molecule has 0 aliphatic rings. The predicted molar refractivity (Wildman–Crippen MR) is 117 cm³/mol. The number of amides is 1. The van der Waals surface area contributed by atoms with Crippen LogP contribution in [0.25, 0.3) is 11.6 Å². The van der Waals surface area contributed by atoms with Crippen LogP contribution in [0, 0.1) is 11.3 Å². The maximum absolute atomic E-state index is 11.9. The van der Waals surface area contributed by atoms with Gasteiger partial charge in [-0.15, -0.1) is 0 Å². The largest absolute Gasteiger partial charge is 0.497 e. The Labute approximate surface area is 171 Å². The third kappa shape index (κ3) is 5.88. The Morgan fingerprint density at radius 3 is 2.66 bits per heavy atom. The van der Waals surface area contributed by atoms with Crippen LogP contribution >= 0.6 is 0 Å². The van der Waals surface area contributed by atoms with E-state index in [1.165, 1.54) is 6.08 Å². The molecule has 0 spiro atoms. The third-order valence-corrected chi connectivity index (χ3v) is 4.17. The highest BCUT2D eigenvalue weighted by Gasteiger charge is 2.12. The number of carbonyl (C=O) groups excluding carboxylic acids is 1. The second-order valence-corrected chi connectivity index (χ2v) is 6.54. The average molecular weight is 391 g/mol. The van der Waals surface area contributed by atoms with E-state index in [1.54, 1.807) is 38.3 Å². The molecule has 6 nitrogen and oxygen atoms in total. The number of rotatable bonds is 7. The molecular formula is C23H25N3O3. The smallest absolute Gasteiger partial charge is 0.412 e. The number of anilines is 2. The molecular weight excluding hydrogens is 366 g/mol. The second-order valence-electron chi connectivity index (χ2n) is 6.54. The summed E-state index contributed by atoms with van der Waals surface area (Å²) >= 11 is 0. The molecule has 1 unspecified atom stereocenters. The van der Waals surface area contributed by atoms with E-state index in [0.29, 0.717) is 17.0 Å². The van der Waals surface area contributed by atoms with Gasteiger partial charge in [0.15, 0.2) is 0 Å². The van der Waals surface area contributed by atoms with Crippen molar-refractivity contribution in [3.63, 3.8) is 0 Å². The summed E-state index contributed by atoms with van der Waals surface area (Å²) in [6.07, 6.45) is 2.36. The molecule has 0 saturated carbocycles. The van der Waals surface area contributed by atoms with Crippen LogP contribution in [-0.4, -0.2) is 33.4 Å². The summed E-state index contributed by atoms with van der Waals surface area (Å²) in [6.45, 7) is 5.31. The molecule has 0 bridgehead atoms. The van der Waals surface area contributed by atoms with E-state index in [2.05, 4.69) is 18.0 Å². The average Bonchev–Trinajstić information content (AvgIpc) is 2.71. The van der Waals surface area contributed by atoms with E-state index >= 15 is 0 Å². The summed E-state index contributed by atoms with van der Waals surface area (Å²) in [5.41, 5.74) is 3.50. The molecule has 0 heterocycles. The van der Waals surface area contributed by atoms with Gasteiger partial charge in [0.05, 0.1) is 18.8 Å². The number of hydrogen-bond acceptors (Lipinski definition) is 5. The van der Waals surface area contributed by atoms with Crippen LogP contribution in [0.15, 0.2) is 55.1 Å². The number of benzene rings is 2. The molecule has 0 fully saturated rings. The molecule has 2 aromatic rings. The van der Waals surface area contributed by atoms with Gasteiger partial charge in [-0.1, -0.05) is 24.8 Å². The molecule has 0 saturated heterocycles. The lowest BCUT2D eigenvalue weighted by atomic mass is 10.0. The molecule has 150 valence electrons. The molecule has 0 aliphatic carbocycles. The van der Waals surface area contributed by atoms with E-state index < -0.39 is 6.09 Å². The zero-order valence-corrected chi connectivity index (χ0v) is 17.1. The normalized spacial score (nSPS) is 11.8. The highest BCUT2D eigenvalue weighted by Crippen LogP contribution is 2.31. The van der Waals surface area contributed by atoms with E-state index in [0.717, 1.165) is 16.8 Å². The Kier molecular flexibility index (Phi) is 7.44. The van der Waals surface area contributed by atoms with Crippen LogP contribution < -0.4 is 15.0 Å². The lowest BCUT2D eigenvalue weighted by molar-refractivity contribution is 0.142. The number of allylic oxidation sites excluding steroid dienone is 1. The minimum Gasteiger partial charge on any atom is -0.497 e. The molecule has 1 N–H and O–H groups in total. The minimum absolute atomic E-state index is 0.386. The summed E-state index contributed by atoms with van der Waals surface area (Å²) in [5, 5.41) is 12.4. The zero-order valence-electron chi connectivity index (χ0n) is 17.1. The molecule has 0 aliphatic heterocycles. The van der Waals surface area contributed by atoms with Crippen molar-refractivity contribution in [2.45, 2.75) is 13.0 Å². The van der Waals surface area contributed by atoms with Gasteiger partial charge in [0.1, 0.15) is 11.9 Å². The van der Waals surface area contributed by atoms with Gasteiger partial charge >= 0.3 is 6.09 Å². The Bertz CT molecular complexity index is 958. The van der Waals surface area contributed by atoms with Gasteiger partial charge in [0, 0.05) is 37.1 Å². The number of ether oxygens (including phenoxy) is 2. The van der Waals surface area contributed by atoms with Gasteiger partial charge in [-0.2, -0.15) is 5.26 Å². The van der Waals surface area contributed by atoms with Crippen molar-refractivity contribution < 1.29 is 14.3 Å². The first kappa shape index (κ1) is 21.6. The molecule has 1 amide bonds. The number of methoxy groups -OCH3 is 1. The van der Waals surface area contributed by atoms with E-state index in [-0.39, 0.29) is 6.10 Å². The van der Waals surface area contributed by atoms with E-state index in [9.17, 15) is 10.1 Å². The summed E-state index contributed by atoms with van der Waals surface area (Å²) < 4.78 is 10.4. The lowest BCUT2D eigenvalue weighted by Gasteiger charge is -2.18. The van der Waals surface area contributed by atoms with Gasteiger partial charge in [-0.05, 0) is 42.8 Å². The van der Waals surface area contributed by atoms with Crippen LogP contribution in [0.5, 0.6) is 5.75 Å². The molecule has 0 radical (unpaired) electrons. The maximum Gasteiger partial charge on any atom is 0.412 e.